The van der Waals surface area contributed by atoms with Crippen molar-refractivity contribution in [2.45, 2.75) is 51.4 Å². The molecule has 0 saturated carbocycles. The summed E-state index contributed by atoms with van der Waals surface area (Å²) in [5.41, 5.74) is 1.21. The monoisotopic (exact) mass is 272 g/mol. The topological polar surface area (TPSA) is 17.8 Å². The average molecular weight is 273 g/mol. The third-order valence-corrected chi connectivity index (χ3v) is 2.85. The van der Waals surface area contributed by atoms with E-state index in [2.05, 4.69) is 61.0 Å². The van der Waals surface area contributed by atoms with E-state index in [9.17, 15) is 0 Å². The lowest BCUT2D eigenvalue weighted by Gasteiger charge is -2.11. The number of nitrogens with zero attached hydrogens (tertiary/aromatic N) is 2. The second-order valence-electron chi connectivity index (χ2n) is 4.71. The Morgan fingerprint density at radius 3 is 2.47 bits per heavy atom. The van der Waals surface area contributed by atoms with Gasteiger partial charge < -0.3 is 0 Å². The molecule has 3 heteroatoms. The molecule has 1 aromatic heterocycles. The van der Waals surface area contributed by atoms with Crippen LogP contribution in [-0.4, -0.2) is 14.6 Å². The van der Waals surface area contributed by atoms with E-state index >= 15 is 0 Å². The molecule has 0 amide bonds. The van der Waals surface area contributed by atoms with Gasteiger partial charge in [-0.05, 0) is 38.7 Å². The summed E-state index contributed by atoms with van der Waals surface area (Å²) in [7, 11) is 0. The van der Waals surface area contributed by atoms with E-state index in [0.29, 0.717) is 16.8 Å². The Hall–Kier alpha value is -0.310. The molecule has 2 nitrogen and oxygen atoms in total. The maximum atomic E-state index is 4.56. The summed E-state index contributed by atoms with van der Waals surface area (Å²) < 4.78 is 2.03. The highest BCUT2D eigenvalue weighted by atomic mass is 79.9. The van der Waals surface area contributed by atoms with Crippen LogP contribution in [0.25, 0.3) is 0 Å². The van der Waals surface area contributed by atoms with Gasteiger partial charge in [-0.25, -0.2) is 0 Å². The van der Waals surface area contributed by atoms with E-state index in [4.69, 9.17) is 0 Å². The number of halogens is 1. The normalized spacial score (nSPS) is 15.6. The first-order valence-corrected chi connectivity index (χ1v) is 6.58. The van der Waals surface area contributed by atoms with Crippen LogP contribution in [0, 0.1) is 5.92 Å². The van der Waals surface area contributed by atoms with Crippen molar-refractivity contribution in [1.82, 2.24) is 9.78 Å². The first-order chi connectivity index (χ1) is 6.99. The molecule has 0 spiro atoms. The van der Waals surface area contributed by atoms with Crippen molar-refractivity contribution in [3.05, 3.63) is 18.0 Å². The zero-order chi connectivity index (χ0) is 11.4. The molecule has 1 heterocycles. The Balaban J connectivity index is 2.49. The lowest BCUT2D eigenvalue weighted by Crippen LogP contribution is -2.07. The maximum Gasteiger partial charge on any atom is 0.0627 e. The molecule has 0 aromatic carbocycles. The fourth-order valence-corrected chi connectivity index (χ4v) is 2.41. The van der Waals surface area contributed by atoms with Crippen LogP contribution in [0.1, 0.15) is 45.9 Å². The van der Waals surface area contributed by atoms with Gasteiger partial charge in [0.1, 0.15) is 0 Å². The summed E-state index contributed by atoms with van der Waals surface area (Å²) in [5.74, 6) is 0.690. The number of aromatic nitrogens is 2. The highest BCUT2D eigenvalue weighted by Gasteiger charge is 2.09. The van der Waals surface area contributed by atoms with E-state index < -0.39 is 0 Å². The lowest BCUT2D eigenvalue weighted by atomic mass is 10.0. The highest BCUT2D eigenvalue weighted by Crippen LogP contribution is 2.17. The molecule has 0 aliphatic carbocycles. The summed E-state index contributed by atoms with van der Waals surface area (Å²) in [6, 6.07) is 2.60. The standard InChI is InChI=1S/C12H21BrN2/c1-9(2)15-6-5-12(14-15)8-10(3)7-11(4)13/h5-6,9-11H,7-8H2,1-4H3. The molecule has 1 aromatic rings. The van der Waals surface area contributed by atoms with Crippen LogP contribution >= 0.6 is 15.9 Å². The van der Waals surface area contributed by atoms with Crippen LogP contribution in [0.3, 0.4) is 0 Å². The van der Waals surface area contributed by atoms with E-state index in [1.165, 1.54) is 12.1 Å². The first-order valence-electron chi connectivity index (χ1n) is 5.67. The minimum Gasteiger partial charge on any atom is -0.270 e. The second-order valence-corrected chi connectivity index (χ2v) is 6.27. The SMILES string of the molecule is CC(Br)CC(C)Cc1ccn(C(C)C)n1. The molecule has 86 valence electrons. The Labute approximate surface area is 101 Å². The molecular weight excluding hydrogens is 252 g/mol. The number of rotatable bonds is 5. The molecule has 0 aliphatic rings. The Bertz CT molecular complexity index is 292. The molecule has 15 heavy (non-hydrogen) atoms. The quantitative estimate of drug-likeness (QED) is 0.746. The highest BCUT2D eigenvalue weighted by molar-refractivity contribution is 9.09. The number of hydrogen-bond acceptors (Lipinski definition) is 1. The molecule has 0 bridgehead atoms. The van der Waals surface area contributed by atoms with Crippen molar-refractivity contribution in [3.63, 3.8) is 0 Å². The summed E-state index contributed by atoms with van der Waals surface area (Å²) >= 11 is 3.59. The van der Waals surface area contributed by atoms with Crippen molar-refractivity contribution >= 4 is 15.9 Å². The minimum atomic E-state index is 0.462. The zero-order valence-electron chi connectivity index (χ0n) is 10.1. The molecule has 0 aliphatic heterocycles. The van der Waals surface area contributed by atoms with Gasteiger partial charge in [-0.2, -0.15) is 5.10 Å². The van der Waals surface area contributed by atoms with Crippen molar-refractivity contribution in [2.24, 2.45) is 5.92 Å². The second kappa shape index (κ2) is 5.69. The molecule has 2 atom stereocenters. The fraction of sp³-hybridized carbons (Fsp3) is 0.750. The van der Waals surface area contributed by atoms with Crippen molar-refractivity contribution in [2.75, 3.05) is 0 Å². The fourth-order valence-electron chi connectivity index (χ4n) is 1.77. The van der Waals surface area contributed by atoms with Gasteiger partial charge in [0.25, 0.3) is 0 Å². The molecule has 2 unspecified atom stereocenters. The van der Waals surface area contributed by atoms with Crippen LogP contribution < -0.4 is 0 Å². The van der Waals surface area contributed by atoms with Gasteiger partial charge in [0.15, 0.2) is 0 Å². The minimum absolute atomic E-state index is 0.462. The summed E-state index contributed by atoms with van der Waals surface area (Å²) in [6.07, 6.45) is 4.36. The predicted molar refractivity (Wildman–Crippen MR) is 68.5 cm³/mol. The van der Waals surface area contributed by atoms with E-state index in [0.717, 1.165) is 6.42 Å². The van der Waals surface area contributed by atoms with Crippen molar-refractivity contribution in [3.8, 4) is 0 Å². The van der Waals surface area contributed by atoms with Gasteiger partial charge in [0, 0.05) is 17.1 Å². The van der Waals surface area contributed by atoms with E-state index in [-0.39, 0.29) is 0 Å². The van der Waals surface area contributed by atoms with Gasteiger partial charge >= 0.3 is 0 Å². The summed E-state index contributed by atoms with van der Waals surface area (Å²) in [6.45, 7) is 8.79. The molecular formula is C12H21BrN2. The first kappa shape index (κ1) is 12.8. The Kier molecular flexibility index (Phi) is 4.84. The maximum absolute atomic E-state index is 4.56. The zero-order valence-corrected chi connectivity index (χ0v) is 11.7. The lowest BCUT2D eigenvalue weighted by molar-refractivity contribution is 0.497. The third kappa shape index (κ3) is 4.37. The van der Waals surface area contributed by atoms with Gasteiger partial charge in [-0.15, -0.1) is 0 Å². The Morgan fingerprint density at radius 1 is 1.33 bits per heavy atom. The number of alkyl halides is 1. The van der Waals surface area contributed by atoms with Crippen LogP contribution in [-0.2, 0) is 6.42 Å². The Morgan fingerprint density at radius 2 is 2.00 bits per heavy atom. The summed E-state index contributed by atoms with van der Waals surface area (Å²) in [5, 5.41) is 4.56. The van der Waals surface area contributed by atoms with Crippen molar-refractivity contribution < 1.29 is 0 Å². The van der Waals surface area contributed by atoms with Gasteiger partial charge in [0.05, 0.1) is 5.69 Å². The molecule has 0 saturated heterocycles. The van der Waals surface area contributed by atoms with Crippen LogP contribution in [0.2, 0.25) is 0 Å². The van der Waals surface area contributed by atoms with Crippen LogP contribution in [0.15, 0.2) is 12.3 Å². The summed E-state index contributed by atoms with van der Waals surface area (Å²) in [4.78, 5) is 0.597. The number of hydrogen-bond donors (Lipinski definition) is 0. The van der Waals surface area contributed by atoms with Crippen LogP contribution in [0.4, 0.5) is 0 Å². The van der Waals surface area contributed by atoms with Gasteiger partial charge in [-0.1, -0.05) is 29.8 Å². The molecule has 1 rings (SSSR count). The molecule has 0 fully saturated rings. The molecule has 0 N–H and O–H groups in total. The van der Waals surface area contributed by atoms with E-state index in [1.807, 2.05) is 4.68 Å². The van der Waals surface area contributed by atoms with Crippen molar-refractivity contribution in [1.29, 1.82) is 0 Å². The smallest absolute Gasteiger partial charge is 0.0627 e. The largest absolute Gasteiger partial charge is 0.270 e. The van der Waals surface area contributed by atoms with Crippen LogP contribution in [0.5, 0.6) is 0 Å². The van der Waals surface area contributed by atoms with Gasteiger partial charge in [0.2, 0.25) is 0 Å². The van der Waals surface area contributed by atoms with E-state index in [1.54, 1.807) is 0 Å². The molecule has 0 radical (unpaired) electrons. The third-order valence-electron chi connectivity index (χ3n) is 2.48. The average Bonchev–Trinajstić information content (AvgIpc) is 2.50. The van der Waals surface area contributed by atoms with Gasteiger partial charge in [-0.3, -0.25) is 4.68 Å². The predicted octanol–water partition coefficient (Wildman–Crippen LogP) is 3.82.